The molecule has 1 aromatic heterocycles. The largest absolute Gasteiger partial charge is 0.493 e. The first kappa shape index (κ1) is 33.0. The number of amides is 3. The van der Waals surface area contributed by atoms with E-state index in [2.05, 4.69) is 15.6 Å². The molecular weight excluding hydrogens is 584 g/mol. The molecule has 0 unspecified atom stereocenters. The molecule has 0 saturated carbocycles. The predicted molar refractivity (Wildman–Crippen MR) is 164 cm³/mol. The maximum Gasteiger partial charge on any atom is 0.254 e. The smallest absolute Gasteiger partial charge is 0.254 e. The van der Waals surface area contributed by atoms with Crippen molar-refractivity contribution in [1.29, 1.82) is 0 Å². The molecule has 4 rings (SSSR count). The lowest BCUT2D eigenvalue weighted by atomic mass is 10.0. The van der Waals surface area contributed by atoms with Gasteiger partial charge in [0.15, 0.2) is 23.0 Å². The molecule has 1 aliphatic heterocycles. The van der Waals surface area contributed by atoms with Crippen molar-refractivity contribution in [1.82, 2.24) is 20.5 Å². The molecule has 0 saturated heterocycles. The van der Waals surface area contributed by atoms with Crippen LogP contribution in [-0.4, -0.2) is 81.8 Å². The number of hydrogen-bond donors (Lipinski definition) is 2. The van der Waals surface area contributed by atoms with Crippen LogP contribution in [0.15, 0.2) is 34.7 Å². The zero-order valence-electron chi connectivity index (χ0n) is 26.6. The quantitative estimate of drug-likeness (QED) is 0.418. The standard InChI is InChI=1S/C32H40N4O9/c1-18(2)28-30(38)33-16-22-19(3)45-31(34-22)20-9-10-23(40-4)24(13-20)44-12-8-11-36(17-27(37)35-28)32(39)21-14-25(41-5)29(43-7)26(15-21)42-6/h9-10,13-15,18,28H,8,11-12,16-17H2,1-7H3,(H,33,38)(H,35,37)/t28-/m0/s1. The second kappa shape index (κ2) is 14.7. The summed E-state index contributed by atoms with van der Waals surface area (Å²) in [6.07, 6.45) is 0.368. The Hall–Kier alpha value is -4.94. The van der Waals surface area contributed by atoms with Gasteiger partial charge in [0, 0.05) is 17.7 Å². The van der Waals surface area contributed by atoms with E-state index in [1.807, 2.05) is 13.8 Å². The number of oxazole rings is 1. The summed E-state index contributed by atoms with van der Waals surface area (Å²) in [6, 6.07) is 7.52. The van der Waals surface area contributed by atoms with Crippen molar-refractivity contribution in [3.8, 4) is 40.2 Å². The number of rotatable bonds is 6. The van der Waals surface area contributed by atoms with Gasteiger partial charge in [-0.2, -0.15) is 0 Å². The Morgan fingerprint density at radius 2 is 1.69 bits per heavy atom. The number of aromatic nitrogens is 1. The van der Waals surface area contributed by atoms with Crippen LogP contribution in [0.4, 0.5) is 0 Å². The van der Waals surface area contributed by atoms with Crippen LogP contribution in [0.1, 0.15) is 42.1 Å². The molecule has 2 N–H and O–H groups in total. The molecule has 3 amide bonds. The third kappa shape index (κ3) is 7.59. The van der Waals surface area contributed by atoms with Gasteiger partial charge in [0.05, 0.1) is 48.1 Å². The van der Waals surface area contributed by atoms with Gasteiger partial charge in [0.1, 0.15) is 17.5 Å². The molecular formula is C32H40N4O9. The van der Waals surface area contributed by atoms with Crippen LogP contribution in [0.3, 0.4) is 0 Å². The van der Waals surface area contributed by atoms with Crippen LogP contribution in [0, 0.1) is 12.8 Å². The summed E-state index contributed by atoms with van der Waals surface area (Å²) in [7, 11) is 5.92. The van der Waals surface area contributed by atoms with Crippen molar-refractivity contribution in [3.63, 3.8) is 0 Å². The first-order valence-corrected chi connectivity index (χ1v) is 14.5. The van der Waals surface area contributed by atoms with Crippen molar-refractivity contribution in [2.45, 2.75) is 39.8 Å². The third-order valence-electron chi connectivity index (χ3n) is 7.36. The van der Waals surface area contributed by atoms with E-state index in [9.17, 15) is 14.4 Å². The number of carbonyl (C=O) groups is 3. The second-order valence-corrected chi connectivity index (χ2v) is 10.7. The number of fused-ring (bicyclic) bond motifs is 5. The Labute approximate surface area is 262 Å². The van der Waals surface area contributed by atoms with Gasteiger partial charge in [0.25, 0.3) is 5.91 Å². The van der Waals surface area contributed by atoms with Gasteiger partial charge < -0.3 is 43.6 Å². The lowest BCUT2D eigenvalue weighted by Gasteiger charge is -2.26. The molecule has 13 nitrogen and oxygen atoms in total. The molecule has 0 fully saturated rings. The van der Waals surface area contributed by atoms with E-state index >= 15 is 0 Å². The SMILES string of the molecule is COc1ccc2cc1OCCCN(C(=O)c1cc(OC)c(OC)c(OC)c1)CC(=O)N[C@@H](C(C)C)C(=O)NCc1nc-2oc1C. The van der Waals surface area contributed by atoms with E-state index < -0.39 is 17.9 Å². The minimum atomic E-state index is -0.853. The Morgan fingerprint density at radius 1 is 1.00 bits per heavy atom. The monoisotopic (exact) mass is 624 g/mol. The molecule has 0 aliphatic carbocycles. The summed E-state index contributed by atoms with van der Waals surface area (Å²) in [5.74, 6) is 1.24. The Morgan fingerprint density at radius 3 is 2.31 bits per heavy atom. The zero-order valence-corrected chi connectivity index (χ0v) is 26.6. The fraction of sp³-hybridized carbons (Fsp3) is 0.438. The molecule has 0 spiro atoms. The topological polar surface area (TPSA) is 151 Å². The maximum absolute atomic E-state index is 13.9. The Kier molecular flexibility index (Phi) is 10.8. The molecule has 2 heterocycles. The first-order chi connectivity index (χ1) is 21.6. The van der Waals surface area contributed by atoms with E-state index in [4.69, 9.17) is 28.1 Å². The normalized spacial score (nSPS) is 16.1. The molecule has 13 heteroatoms. The highest BCUT2D eigenvalue weighted by Gasteiger charge is 2.28. The van der Waals surface area contributed by atoms with Gasteiger partial charge >= 0.3 is 0 Å². The van der Waals surface area contributed by atoms with E-state index in [0.29, 0.717) is 58.1 Å². The minimum absolute atomic E-state index is 0.0957. The van der Waals surface area contributed by atoms with Crippen LogP contribution in [-0.2, 0) is 16.1 Å². The van der Waals surface area contributed by atoms with Gasteiger partial charge in [-0.1, -0.05) is 13.8 Å². The molecule has 1 atom stereocenters. The van der Waals surface area contributed by atoms with E-state index in [1.54, 1.807) is 25.1 Å². The predicted octanol–water partition coefficient (Wildman–Crippen LogP) is 3.37. The summed E-state index contributed by atoms with van der Waals surface area (Å²) in [5, 5.41) is 5.65. The first-order valence-electron chi connectivity index (χ1n) is 14.5. The van der Waals surface area contributed by atoms with Crippen molar-refractivity contribution in [2.75, 3.05) is 48.1 Å². The molecule has 0 radical (unpaired) electrons. The third-order valence-corrected chi connectivity index (χ3v) is 7.36. The average molecular weight is 625 g/mol. The molecule has 2 aromatic carbocycles. The number of methoxy groups -OCH3 is 4. The van der Waals surface area contributed by atoms with Crippen LogP contribution < -0.4 is 34.3 Å². The number of benzene rings is 2. The van der Waals surface area contributed by atoms with Crippen LogP contribution >= 0.6 is 0 Å². The highest BCUT2D eigenvalue weighted by molar-refractivity contribution is 5.98. The number of nitrogens with zero attached hydrogens (tertiary/aromatic N) is 2. The molecule has 45 heavy (non-hydrogen) atoms. The average Bonchev–Trinajstić information content (AvgIpc) is 3.41. The molecule has 1 aliphatic rings. The summed E-state index contributed by atoms with van der Waals surface area (Å²) in [5.41, 5.74) is 1.45. The van der Waals surface area contributed by atoms with Crippen molar-refractivity contribution >= 4 is 17.7 Å². The highest BCUT2D eigenvalue weighted by Crippen LogP contribution is 2.38. The lowest BCUT2D eigenvalue weighted by molar-refractivity contribution is -0.130. The van der Waals surface area contributed by atoms with Crippen LogP contribution in [0.2, 0.25) is 0 Å². The summed E-state index contributed by atoms with van der Waals surface area (Å²) >= 11 is 0. The van der Waals surface area contributed by atoms with Crippen molar-refractivity contribution < 1.29 is 42.5 Å². The Bertz CT molecular complexity index is 1510. The van der Waals surface area contributed by atoms with E-state index in [0.717, 1.165) is 0 Å². The second-order valence-electron chi connectivity index (χ2n) is 10.7. The number of ether oxygens (including phenoxy) is 5. The fourth-order valence-corrected chi connectivity index (χ4v) is 4.92. The highest BCUT2D eigenvalue weighted by atomic mass is 16.5. The van der Waals surface area contributed by atoms with Gasteiger partial charge in [-0.25, -0.2) is 4.98 Å². The van der Waals surface area contributed by atoms with Crippen molar-refractivity contribution in [3.05, 3.63) is 47.3 Å². The fourth-order valence-electron chi connectivity index (χ4n) is 4.92. The number of aryl methyl sites for hydroxylation is 1. The van der Waals surface area contributed by atoms with Crippen molar-refractivity contribution in [2.24, 2.45) is 5.92 Å². The zero-order chi connectivity index (χ0) is 32.7. The van der Waals surface area contributed by atoms with Gasteiger partial charge in [-0.05, 0) is 49.6 Å². The number of nitrogens with one attached hydrogen (secondary N) is 2. The number of carbonyl (C=O) groups excluding carboxylic acids is 3. The lowest BCUT2D eigenvalue weighted by Crippen LogP contribution is -2.52. The van der Waals surface area contributed by atoms with E-state index in [-0.39, 0.29) is 43.6 Å². The maximum atomic E-state index is 13.9. The van der Waals surface area contributed by atoms with Gasteiger partial charge in [0.2, 0.25) is 23.5 Å². The summed E-state index contributed by atoms with van der Waals surface area (Å²) < 4.78 is 33.7. The minimum Gasteiger partial charge on any atom is -0.493 e. The molecule has 3 aromatic rings. The summed E-state index contributed by atoms with van der Waals surface area (Å²) in [4.78, 5) is 46.4. The van der Waals surface area contributed by atoms with Crippen LogP contribution in [0.25, 0.3) is 11.5 Å². The number of hydrogen-bond acceptors (Lipinski definition) is 10. The van der Waals surface area contributed by atoms with E-state index in [1.165, 1.54) is 45.5 Å². The van der Waals surface area contributed by atoms with Gasteiger partial charge in [-0.15, -0.1) is 0 Å². The Balaban J connectivity index is 1.68. The van der Waals surface area contributed by atoms with Crippen LogP contribution in [0.5, 0.6) is 28.7 Å². The molecule has 242 valence electrons. The summed E-state index contributed by atoms with van der Waals surface area (Å²) in [6.45, 7) is 5.57. The molecule has 4 bridgehead atoms. The van der Waals surface area contributed by atoms with Gasteiger partial charge in [-0.3, -0.25) is 14.4 Å².